The fraction of sp³-hybridized carbons (Fsp3) is 0.700. The van der Waals surface area contributed by atoms with Gasteiger partial charge in [-0.15, -0.1) is 11.8 Å². The van der Waals surface area contributed by atoms with E-state index >= 15 is 0 Å². The number of halogens is 1. The molecule has 0 bridgehead atoms. The van der Waals surface area contributed by atoms with Crippen LogP contribution in [-0.2, 0) is 38.2 Å². The quantitative estimate of drug-likeness (QED) is 0.163. The minimum atomic E-state index is -0.977. The topological polar surface area (TPSA) is 162 Å². The fourth-order valence-electron chi connectivity index (χ4n) is 2.96. The van der Waals surface area contributed by atoms with Gasteiger partial charge in [0.15, 0.2) is 5.78 Å². The minimum Gasteiger partial charge on any atom is -1.00 e. The SMILES string of the molecule is CCOC(=O)C(N)CCC(=O)NC(CSC1CC(=O)N(CC)C1=O)C(=O)CCC(=O)OC.[Br-]. The van der Waals surface area contributed by atoms with Gasteiger partial charge in [-0.3, -0.25) is 33.7 Å². The Bertz CT molecular complexity index is 736. The molecule has 0 spiro atoms. The van der Waals surface area contributed by atoms with Crippen LogP contribution in [0, 0.1) is 0 Å². The van der Waals surface area contributed by atoms with Crippen LogP contribution in [0.1, 0.15) is 46.0 Å². The summed E-state index contributed by atoms with van der Waals surface area (Å²) >= 11 is 1.11. The summed E-state index contributed by atoms with van der Waals surface area (Å²) in [6, 6.07) is -1.94. The number of methoxy groups -OCH3 is 1. The van der Waals surface area contributed by atoms with Gasteiger partial charge in [0.1, 0.15) is 6.04 Å². The molecule has 13 heteroatoms. The van der Waals surface area contributed by atoms with Crippen molar-refractivity contribution < 1.29 is 55.2 Å². The van der Waals surface area contributed by atoms with E-state index in [0.29, 0.717) is 0 Å². The number of nitrogens with one attached hydrogen (secondary N) is 1. The van der Waals surface area contributed by atoms with Crippen molar-refractivity contribution in [3.05, 3.63) is 0 Å². The van der Waals surface area contributed by atoms with Gasteiger partial charge in [-0.05, 0) is 20.3 Å². The number of esters is 2. The van der Waals surface area contributed by atoms with Crippen LogP contribution in [0.5, 0.6) is 0 Å². The molecule has 3 unspecified atom stereocenters. The van der Waals surface area contributed by atoms with Crippen LogP contribution in [0.15, 0.2) is 0 Å². The first-order chi connectivity index (χ1) is 15.1. The zero-order chi connectivity index (χ0) is 24.3. The molecule has 1 fully saturated rings. The third-order valence-corrected chi connectivity index (χ3v) is 6.08. The fourth-order valence-corrected chi connectivity index (χ4v) is 4.19. The van der Waals surface area contributed by atoms with E-state index in [1.54, 1.807) is 13.8 Å². The predicted octanol–water partition coefficient (Wildman–Crippen LogP) is -3.45. The third kappa shape index (κ3) is 10.2. The molecule has 1 saturated heterocycles. The van der Waals surface area contributed by atoms with Crippen molar-refractivity contribution in [2.75, 3.05) is 26.0 Å². The summed E-state index contributed by atoms with van der Waals surface area (Å²) in [5.41, 5.74) is 5.68. The number of ether oxygens (including phenoxy) is 2. The van der Waals surface area contributed by atoms with Gasteiger partial charge in [-0.25, -0.2) is 0 Å². The predicted molar refractivity (Wildman–Crippen MR) is 115 cm³/mol. The molecule has 1 rings (SSSR count). The molecule has 0 radical (unpaired) electrons. The molecule has 0 saturated carbocycles. The highest BCUT2D eigenvalue weighted by Crippen LogP contribution is 2.26. The highest BCUT2D eigenvalue weighted by atomic mass is 79.9. The van der Waals surface area contributed by atoms with Crippen molar-refractivity contribution in [1.82, 2.24) is 10.2 Å². The molecule has 0 aromatic rings. The smallest absolute Gasteiger partial charge is 0.322 e. The maximum atomic E-state index is 12.6. The Hall–Kier alpha value is -1.99. The number of thioether (sulfide) groups is 1. The van der Waals surface area contributed by atoms with E-state index in [2.05, 4.69) is 10.1 Å². The largest absolute Gasteiger partial charge is 1.00 e. The molecule has 188 valence electrons. The Morgan fingerprint density at radius 2 is 1.85 bits per heavy atom. The number of amides is 3. The highest BCUT2D eigenvalue weighted by Gasteiger charge is 2.38. The minimum absolute atomic E-state index is 0. The summed E-state index contributed by atoms with van der Waals surface area (Å²) in [5.74, 6) is -2.65. The van der Waals surface area contributed by atoms with Gasteiger partial charge in [-0.1, -0.05) is 0 Å². The first-order valence-electron chi connectivity index (χ1n) is 10.4. The Morgan fingerprint density at radius 1 is 1.18 bits per heavy atom. The van der Waals surface area contributed by atoms with Crippen LogP contribution in [-0.4, -0.2) is 83.7 Å². The summed E-state index contributed by atoms with van der Waals surface area (Å²) in [5, 5.41) is 1.95. The first kappa shape index (κ1) is 31.0. The molecule has 3 N–H and O–H groups in total. The van der Waals surface area contributed by atoms with Crippen LogP contribution < -0.4 is 28.0 Å². The Labute approximate surface area is 207 Å². The van der Waals surface area contributed by atoms with Gasteiger partial charge in [-0.2, -0.15) is 0 Å². The van der Waals surface area contributed by atoms with Crippen LogP contribution in [0.2, 0.25) is 0 Å². The standard InChI is InChI=1S/C20H31N3O8S.BrH/c1-4-23-17(26)10-15(19(23)28)32-11-13(14(24)7-9-18(27)30-3)22-16(25)8-6-12(21)20(29)31-5-2;/h12-13,15H,4-11,21H2,1-3H3,(H,22,25);1H/p-1. The lowest BCUT2D eigenvalue weighted by Gasteiger charge is -2.19. The van der Waals surface area contributed by atoms with Crippen molar-refractivity contribution in [2.45, 2.75) is 63.3 Å². The van der Waals surface area contributed by atoms with Crippen molar-refractivity contribution in [3.8, 4) is 0 Å². The number of ketones is 1. The van der Waals surface area contributed by atoms with Crippen LogP contribution in [0.3, 0.4) is 0 Å². The van der Waals surface area contributed by atoms with Gasteiger partial charge in [0.05, 0.1) is 31.4 Å². The maximum absolute atomic E-state index is 12.6. The van der Waals surface area contributed by atoms with E-state index in [4.69, 9.17) is 10.5 Å². The summed E-state index contributed by atoms with van der Waals surface area (Å²) in [6.45, 7) is 3.78. The first-order valence-corrected chi connectivity index (χ1v) is 11.5. The molecule has 1 aliphatic heterocycles. The molecule has 3 amide bonds. The second-order valence-electron chi connectivity index (χ2n) is 7.06. The highest BCUT2D eigenvalue weighted by molar-refractivity contribution is 8.00. The number of hydrogen-bond donors (Lipinski definition) is 2. The number of Topliss-reactive ketones (excluding diaryl/α,β-unsaturated/α-hetero) is 1. The lowest BCUT2D eigenvalue weighted by molar-refractivity contribution is -0.145. The van der Waals surface area contributed by atoms with Gasteiger partial charge >= 0.3 is 11.9 Å². The number of likely N-dealkylation sites (tertiary alicyclic amines) is 1. The molecule has 0 aromatic carbocycles. The van der Waals surface area contributed by atoms with Gasteiger partial charge in [0, 0.05) is 31.6 Å². The van der Waals surface area contributed by atoms with Crippen molar-refractivity contribution in [3.63, 3.8) is 0 Å². The summed E-state index contributed by atoms with van der Waals surface area (Å²) in [6.07, 6.45) is -0.357. The molecular weight excluding hydrogens is 522 g/mol. The van der Waals surface area contributed by atoms with Crippen LogP contribution in [0.4, 0.5) is 0 Å². The van der Waals surface area contributed by atoms with Crippen molar-refractivity contribution >= 4 is 47.2 Å². The van der Waals surface area contributed by atoms with Crippen molar-refractivity contribution in [1.29, 1.82) is 0 Å². The number of carbonyl (C=O) groups is 6. The van der Waals surface area contributed by atoms with E-state index in [9.17, 15) is 28.8 Å². The van der Waals surface area contributed by atoms with Crippen LogP contribution in [0.25, 0.3) is 0 Å². The zero-order valence-corrected chi connectivity index (χ0v) is 21.4. The second-order valence-corrected chi connectivity index (χ2v) is 8.30. The second kappa shape index (κ2) is 15.8. The lowest BCUT2D eigenvalue weighted by Crippen LogP contribution is -3.00. The van der Waals surface area contributed by atoms with Gasteiger partial charge in [0.2, 0.25) is 17.7 Å². The number of nitrogens with two attached hydrogens (primary N) is 1. The molecular formula is C20H31BrN3O8S-. The molecule has 1 aliphatic rings. The summed E-state index contributed by atoms with van der Waals surface area (Å²) in [4.78, 5) is 73.2. The third-order valence-electron chi connectivity index (χ3n) is 4.78. The number of imide groups is 1. The lowest BCUT2D eigenvalue weighted by atomic mass is 10.1. The maximum Gasteiger partial charge on any atom is 0.322 e. The molecule has 33 heavy (non-hydrogen) atoms. The van der Waals surface area contributed by atoms with E-state index < -0.39 is 41.0 Å². The summed E-state index contributed by atoms with van der Waals surface area (Å²) < 4.78 is 9.32. The Balaban J connectivity index is 0.0000102. The molecule has 3 atom stereocenters. The molecule has 11 nitrogen and oxygen atoms in total. The van der Waals surface area contributed by atoms with E-state index in [0.717, 1.165) is 16.7 Å². The average Bonchev–Trinajstić information content (AvgIpc) is 3.04. The van der Waals surface area contributed by atoms with Gasteiger partial charge in [0.25, 0.3) is 0 Å². The number of rotatable bonds is 14. The van der Waals surface area contributed by atoms with E-state index in [1.807, 2.05) is 0 Å². The van der Waals surface area contributed by atoms with E-state index in [-0.39, 0.29) is 79.8 Å². The Morgan fingerprint density at radius 3 is 2.39 bits per heavy atom. The number of hydrogen-bond acceptors (Lipinski definition) is 10. The monoisotopic (exact) mass is 552 g/mol. The molecule has 1 heterocycles. The normalized spacial score (nSPS) is 17.1. The molecule has 0 aliphatic carbocycles. The molecule has 0 aromatic heterocycles. The number of carbonyl (C=O) groups excluding carboxylic acids is 6. The summed E-state index contributed by atoms with van der Waals surface area (Å²) in [7, 11) is 1.21. The van der Waals surface area contributed by atoms with Crippen LogP contribution >= 0.6 is 11.8 Å². The van der Waals surface area contributed by atoms with Gasteiger partial charge < -0.3 is 37.5 Å². The van der Waals surface area contributed by atoms with E-state index in [1.165, 1.54) is 7.11 Å². The Kier molecular flexibility index (Phi) is 14.8. The number of nitrogens with zero attached hydrogens (tertiary/aromatic N) is 1. The average molecular weight is 553 g/mol. The zero-order valence-electron chi connectivity index (χ0n) is 19.0. The van der Waals surface area contributed by atoms with Crippen molar-refractivity contribution in [2.24, 2.45) is 5.73 Å².